The highest BCUT2D eigenvalue weighted by Gasteiger charge is 2.28. The number of amides is 1. The van der Waals surface area contributed by atoms with Gasteiger partial charge in [-0.1, -0.05) is 18.2 Å². The molecular weight excluding hydrogens is 397 g/mol. The van der Waals surface area contributed by atoms with Gasteiger partial charge in [0.15, 0.2) is 5.76 Å². The predicted molar refractivity (Wildman–Crippen MR) is 116 cm³/mol. The molecule has 1 aromatic carbocycles. The van der Waals surface area contributed by atoms with Crippen molar-refractivity contribution >= 4 is 41.6 Å². The van der Waals surface area contributed by atoms with E-state index in [-0.39, 0.29) is 36.8 Å². The number of carbonyl (C=O) groups excluding carboxylic acids is 1. The Morgan fingerprint density at radius 3 is 2.75 bits per heavy atom. The van der Waals surface area contributed by atoms with Gasteiger partial charge in [0.1, 0.15) is 5.69 Å². The van der Waals surface area contributed by atoms with E-state index < -0.39 is 0 Å². The summed E-state index contributed by atoms with van der Waals surface area (Å²) in [6, 6.07) is 13.4. The van der Waals surface area contributed by atoms with Gasteiger partial charge in [-0.3, -0.25) is 4.79 Å². The SMILES string of the molecule is CC(N)C1CCCN(C(=O)c2cc(-c3ccco3)nc3ccccc23)C1.Cl.Cl. The van der Waals surface area contributed by atoms with Crippen LogP contribution in [0.15, 0.2) is 53.1 Å². The molecule has 2 aromatic heterocycles. The molecule has 3 heterocycles. The minimum absolute atomic E-state index is 0. The molecule has 2 N–H and O–H groups in total. The number of hydrogen-bond donors (Lipinski definition) is 1. The Balaban J connectivity index is 0.00000140. The molecule has 0 aliphatic carbocycles. The average molecular weight is 422 g/mol. The summed E-state index contributed by atoms with van der Waals surface area (Å²) in [5, 5.41) is 0.871. The molecule has 7 heteroatoms. The van der Waals surface area contributed by atoms with Crippen LogP contribution in [0.1, 0.15) is 30.1 Å². The highest BCUT2D eigenvalue weighted by atomic mass is 35.5. The molecule has 1 fully saturated rings. The number of halogens is 2. The zero-order chi connectivity index (χ0) is 18.1. The van der Waals surface area contributed by atoms with Crippen molar-refractivity contribution in [3.05, 3.63) is 54.3 Å². The van der Waals surface area contributed by atoms with Crippen LogP contribution in [0.4, 0.5) is 0 Å². The molecule has 1 aliphatic rings. The zero-order valence-electron chi connectivity index (χ0n) is 15.7. The summed E-state index contributed by atoms with van der Waals surface area (Å²) in [6.07, 6.45) is 3.69. The van der Waals surface area contributed by atoms with E-state index >= 15 is 0 Å². The average Bonchev–Trinajstić information content (AvgIpc) is 3.21. The predicted octanol–water partition coefficient (Wildman–Crippen LogP) is 4.54. The molecule has 1 amide bonds. The van der Waals surface area contributed by atoms with Crippen LogP contribution in [-0.4, -0.2) is 34.9 Å². The fourth-order valence-corrected chi connectivity index (χ4v) is 3.70. The standard InChI is InChI=1S/C21H23N3O2.2ClH/c1-14(22)15-6-4-10-24(13-15)21(25)17-12-19(20-9-5-11-26-20)23-18-8-3-2-7-16(17)18;;/h2-3,5,7-9,11-12,14-15H,4,6,10,13,22H2,1H3;2*1H. The topological polar surface area (TPSA) is 72.4 Å². The van der Waals surface area contributed by atoms with Crippen molar-refractivity contribution < 1.29 is 9.21 Å². The summed E-state index contributed by atoms with van der Waals surface area (Å²) >= 11 is 0. The minimum atomic E-state index is 0. The minimum Gasteiger partial charge on any atom is -0.463 e. The lowest BCUT2D eigenvalue weighted by atomic mass is 9.91. The van der Waals surface area contributed by atoms with Crippen molar-refractivity contribution in [3.63, 3.8) is 0 Å². The molecule has 2 atom stereocenters. The molecule has 2 unspecified atom stereocenters. The zero-order valence-corrected chi connectivity index (χ0v) is 17.3. The quantitative estimate of drug-likeness (QED) is 0.673. The second-order valence-corrected chi connectivity index (χ2v) is 7.06. The van der Waals surface area contributed by atoms with Gasteiger partial charge in [0.2, 0.25) is 0 Å². The highest BCUT2D eigenvalue weighted by Crippen LogP contribution is 2.28. The largest absolute Gasteiger partial charge is 0.463 e. The third kappa shape index (κ3) is 4.32. The van der Waals surface area contributed by atoms with E-state index in [1.807, 2.05) is 54.3 Å². The number of furan rings is 1. The van der Waals surface area contributed by atoms with Gasteiger partial charge in [0, 0.05) is 24.5 Å². The Morgan fingerprint density at radius 2 is 2.04 bits per heavy atom. The van der Waals surface area contributed by atoms with Crippen LogP contribution in [0.3, 0.4) is 0 Å². The molecule has 1 saturated heterocycles. The number of fused-ring (bicyclic) bond motifs is 1. The number of nitrogens with two attached hydrogens (primary N) is 1. The van der Waals surface area contributed by atoms with E-state index in [4.69, 9.17) is 10.2 Å². The van der Waals surface area contributed by atoms with E-state index in [9.17, 15) is 4.79 Å². The maximum Gasteiger partial charge on any atom is 0.254 e. The molecule has 150 valence electrons. The Labute approximate surface area is 177 Å². The molecular formula is C21H25Cl2N3O2. The summed E-state index contributed by atoms with van der Waals surface area (Å²) in [5.74, 6) is 1.06. The number of likely N-dealkylation sites (tertiary alicyclic amines) is 1. The summed E-state index contributed by atoms with van der Waals surface area (Å²) in [7, 11) is 0. The normalized spacial score (nSPS) is 17.5. The first kappa shape index (κ1) is 22.2. The Bertz CT molecular complexity index is 929. The Kier molecular flexibility index (Phi) is 7.47. The Hall–Kier alpha value is -2.08. The number of rotatable bonds is 3. The molecule has 0 radical (unpaired) electrons. The molecule has 1 aliphatic heterocycles. The molecule has 0 spiro atoms. The van der Waals surface area contributed by atoms with Gasteiger partial charge in [-0.15, -0.1) is 24.8 Å². The summed E-state index contributed by atoms with van der Waals surface area (Å²) in [4.78, 5) is 19.9. The number of nitrogens with zero attached hydrogens (tertiary/aromatic N) is 2. The number of para-hydroxylation sites is 1. The van der Waals surface area contributed by atoms with Crippen LogP contribution in [0, 0.1) is 5.92 Å². The number of aromatic nitrogens is 1. The second kappa shape index (κ2) is 9.41. The third-order valence-electron chi connectivity index (χ3n) is 5.21. The maximum absolute atomic E-state index is 13.3. The van der Waals surface area contributed by atoms with Gasteiger partial charge in [0.05, 0.1) is 17.3 Å². The van der Waals surface area contributed by atoms with Gasteiger partial charge in [0.25, 0.3) is 5.91 Å². The first-order chi connectivity index (χ1) is 12.6. The van der Waals surface area contributed by atoms with Gasteiger partial charge in [-0.2, -0.15) is 0 Å². The number of pyridine rings is 1. The lowest BCUT2D eigenvalue weighted by Crippen LogP contribution is -2.45. The molecule has 3 aromatic rings. The highest BCUT2D eigenvalue weighted by molar-refractivity contribution is 6.07. The van der Waals surface area contributed by atoms with Gasteiger partial charge in [-0.05, 0) is 49.9 Å². The smallest absolute Gasteiger partial charge is 0.254 e. The van der Waals surface area contributed by atoms with Crippen molar-refractivity contribution in [2.45, 2.75) is 25.8 Å². The van der Waals surface area contributed by atoms with Crippen molar-refractivity contribution in [2.24, 2.45) is 11.7 Å². The summed E-state index contributed by atoms with van der Waals surface area (Å²) < 4.78 is 5.49. The van der Waals surface area contributed by atoms with Crippen LogP contribution in [0.2, 0.25) is 0 Å². The fourth-order valence-electron chi connectivity index (χ4n) is 3.70. The maximum atomic E-state index is 13.3. The van der Waals surface area contributed by atoms with E-state index in [2.05, 4.69) is 4.98 Å². The Morgan fingerprint density at radius 1 is 1.25 bits per heavy atom. The van der Waals surface area contributed by atoms with Crippen molar-refractivity contribution in [1.29, 1.82) is 0 Å². The molecule has 5 nitrogen and oxygen atoms in total. The number of piperidine rings is 1. The van der Waals surface area contributed by atoms with E-state index in [1.54, 1.807) is 6.26 Å². The first-order valence-electron chi connectivity index (χ1n) is 9.12. The van der Waals surface area contributed by atoms with Gasteiger partial charge in [-0.25, -0.2) is 4.98 Å². The van der Waals surface area contributed by atoms with Crippen LogP contribution < -0.4 is 5.73 Å². The van der Waals surface area contributed by atoms with Crippen molar-refractivity contribution in [2.75, 3.05) is 13.1 Å². The van der Waals surface area contributed by atoms with E-state index in [1.165, 1.54) is 0 Å². The fraction of sp³-hybridized carbons (Fsp3) is 0.333. The van der Waals surface area contributed by atoms with Crippen LogP contribution in [0.5, 0.6) is 0 Å². The van der Waals surface area contributed by atoms with Crippen molar-refractivity contribution in [1.82, 2.24) is 9.88 Å². The summed E-state index contributed by atoms with van der Waals surface area (Å²) in [6.45, 7) is 3.51. The second-order valence-electron chi connectivity index (χ2n) is 7.06. The van der Waals surface area contributed by atoms with Crippen LogP contribution in [-0.2, 0) is 0 Å². The monoisotopic (exact) mass is 421 g/mol. The third-order valence-corrected chi connectivity index (χ3v) is 5.21. The van der Waals surface area contributed by atoms with E-state index in [0.29, 0.717) is 29.5 Å². The summed E-state index contributed by atoms with van der Waals surface area (Å²) in [5.41, 5.74) is 8.24. The number of benzene rings is 1. The lowest BCUT2D eigenvalue weighted by molar-refractivity contribution is 0.0663. The number of hydrogen-bond acceptors (Lipinski definition) is 4. The molecule has 0 saturated carbocycles. The molecule has 4 rings (SSSR count). The first-order valence-corrected chi connectivity index (χ1v) is 9.12. The molecule has 0 bridgehead atoms. The molecule has 28 heavy (non-hydrogen) atoms. The number of carbonyl (C=O) groups is 1. The van der Waals surface area contributed by atoms with E-state index in [0.717, 1.165) is 30.3 Å². The lowest BCUT2D eigenvalue weighted by Gasteiger charge is -2.34. The van der Waals surface area contributed by atoms with Crippen LogP contribution in [0.25, 0.3) is 22.4 Å². The van der Waals surface area contributed by atoms with Crippen molar-refractivity contribution in [3.8, 4) is 11.5 Å². The van der Waals surface area contributed by atoms with Crippen LogP contribution >= 0.6 is 24.8 Å². The van der Waals surface area contributed by atoms with Gasteiger partial charge >= 0.3 is 0 Å². The van der Waals surface area contributed by atoms with Gasteiger partial charge < -0.3 is 15.1 Å².